The topological polar surface area (TPSA) is 44.1 Å². The van der Waals surface area contributed by atoms with E-state index < -0.39 is 21.1 Å². The van der Waals surface area contributed by atoms with Crippen LogP contribution in [0.2, 0.25) is 8.58 Å². The molecular weight excluding hydrogens is 334 g/mol. The Morgan fingerprint density at radius 1 is 1.44 bits per heavy atom. The number of methoxy groups -OCH3 is 1. The number of hydrogen-bond acceptors (Lipinski definition) is 3. The summed E-state index contributed by atoms with van der Waals surface area (Å²) in [6.07, 6.45) is 0. The second kappa shape index (κ2) is 4.96. The molecule has 0 saturated carbocycles. The fourth-order valence-corrected chi connectivity index (χ4v) is 5.63. The number of hydrogen-bond donors (Lipinski definition) is 0. The van der Waals surface area contributed by atoms with Crippen molar-refractivity contribution in [3.8, 4) is 5.75 Å². The molecule has 0 spiro atoms. The van der Waals surface area contributed by atoms with Crippen molar-refractivity contribution in [3.63, 3.8) is 0 Å². The summed E-state index contributed by atoms with van der Waals surface area (Å²) in [4.78, 5) is 12.0. The first-order valence-electron chi connectivity index (χ1n) is 4.85. The molecule has 4 nitrogen and oxygen atoms in total. The van der Waals surface area contributed by atoms with Gasteiger partial charge in [-0.1, -0.05) is 0 Å². The van der Waals surface area contributed by atoms with Gasteiger partial charge >= 0.3 is 110 Å². The van der Waals surface area contributed by atoms with Crippen LogP contribution in [-0.2, 0) is 7.05 Å². The third kappa shape index (κ3) is 3.13. The van der Waals surface area contributed by atoms with Crippen molar-refractivity contribution < 1.29 is 4.74 Å². The average Bonchev–Trinajstić information content (AvgIpc) is 2.12. The van der Waals surface area contributed by atoms with Crippen molar-refractivity contribution >= 4 is 36.3 Å². The van der Waals surface area contributed by atoms with Gasteiger partial charge in [-0.3, -0.25) is 0 Å². The van der Waals surface area contributed by atoms with Gasteiger partial charge in [-0.15, -0.1) is 0 Å². The van der Waals surface area contributed by atoms with Crippen molar-refractivity contribution in [2.75, 3.05) is 7.11 Å². The zero-order chi connectivity index (χ0) is 12.5. The Morgan fingerprint density at radius 3 is 2.44 bits per heavy atom. The van der Waals surface area contributed by atoms with Crippen LogP contribution in [0.4, 0.5) is 0 Å². The van der Waals surface area contributed by atoms with Crippen LogP contribution in [0.5, 0.6) is 5.75 Å². The van der Waals surface area contributed by atoms with Crippen LogP contribution in [0, 0.1) is 0 Å². The van der Waals surface area contributed by atoms with E-state index in [0.717, 1.165) is 3.58 Å². The molecule has 0 aromatic carbocycles. The van der Waals surface area contributed by atoms with Gasteiger partial charge in [0.2, 0.25) is 0 Å². The Hall–Kier alpha value is -0.231. The van der Waals surface area contributed by atoms with Gasteiger partial charge in [-0.05, 0) is 0 Å². The minimum atomic E-state index is -1.07. The summed E-state index contributed by atoms with van der Waals surface area (Å²) in [5.74, 6) is 0.464. The van der Waals surface area contributed by atoms with E-state index >= 15 is 0 Å². The van der Waals surface area contributed by atoms with E-state index in [1.54, 1.807) is 7.05 Å². The molecule has 0 atom stereocenters. The first-order valence-corrected chi connectivity index (χ1v) is 8.08. The van der Waals surface area contributed by atoms with E-state index in [1.165, 1.54) is 11.8 Å². The molecule has 2 radical (unpaired) electrons. The monoisotopic (exact) mass is 350 g/mol. The van der Waals surface area contributed by atoms with Gasteiger partial charge in [0.25, 0.3) is 0 Å². The fraction of sp³-hybridized carbons (Fsp3) is 0.600. The number of nitrogens with zero attached hydrogens (tertiary/aromatic N) is 2. The summed E-state index contributed by atoms with van der Waals surface area (Å²) in [7, 11) is 3.13. The summed E-state index contributed by atoms with van der Waals surface area (Å²) < 4.78 is 7.39. The summed E-state index contributed by atoms with van der Waals surface area (Å²) >= 11 is 4.89. The molecule has 6 heteroatoms. The van der Waals surface area contributed by atoms with E-state index in [1.807, 2.05) is 0 Å². The predicted molar refractivity (Wildman–Crippen MR) is 66.1 cm³/mol. The molecule has 1 rings (SSSR count). The van der Waals surface area contributed by atoms with Crippen molar-refractivity contribution in [2.45, 2.75) is 24.2 Å². The number of aromatic nitrogens is 2. The van der Waals surface area contributed by atoms with E-state index in [2.05, 4.69) is 25.9 Å². The molecular formula is C10H15ClN2O2Sn. The van der Waals surface area contributed by atoms with Crippen molar-refractivity contribution in [1.29, 1.82) is 0 Å². The maximum absolute atomic E-state index is 12.0. The standard InChI is InChI=1S/C6H6ClN2O2.C4H9.Sn/c1-9-5(10)3-4(11-2)6(7)8-9;1-4(2)3;/h1-2H3;1-3H3;. The van der Waals surface area contributed by atoms with Gasteiger partial charge in [0.05, 0.1) is 0 Å². The van der Waals surface area contributed by atoms with E-state index in [0.29, 0.717) is 5.75 Å². The molecule has 1 aromatic heterocycles. The van der Waals surface area contributed by atoms with E-state index in [4.69, 9.17) is 16.3 Å². The van der Waals surface area contributed by atoms with Crippen LogP contribution in [0.25, 0.3) is 0 Å². The third-order valence-corrected chi connectivity index (χ3v) is 6.22. The van der Waals surface area contributed by atoms with Gasteiger partial charge in [0.1, 0.15) is 0 Å². The second-order valence-corrected chi connectivity index (χ2v) is 11.3. The maximum atomic E-state index is 12.0. The second-order valence-electron chi connectivity index (χ2n) is 4.50. The minimum absolute atomic E-state index is 0.0808. The molecule has 0 aliphatic rings. The van der Waals surface area contributed by atoms with Crippen LogP contribution in [0.15, 0.2) is 4.79 Å². The van der Waals surface area contributed by atoms with Crippen molar-refractivity contribution in [1.82, 2.24) is 9.78 Å². The van der Waals surface area contributed by atoms with Crippen LogP contribution in [-0.4, -0.2) is 38.0 Å². The Bertz CT molecular complexity index is 451. The SMILES string of the molecule is COc1c(Cl)nn(C)c(=O)[c]1[Sn][C](C)(C)C. The van der Waals surface area contributed by atoms with Crippen LogP contribution in [0.1, 0.15) is 20.8 Å². The van der Waals surface area contributed by atoms with Crippen LogP contribution < -0.4 is 13.9 Å². The fourth-order valence-electron chi connectivity index (χ4n) is 1.26. The Morgan fingerprint density at radius 2 is 2.00 bits per heavy atom. The number of rotatable bonds is 2. The first kappa shape index (κ1) is 13.8. The number of halogens is 1. The molecule has 0 fully saturated rings. The quantitative estimate of drug-likeness (QED) is 0.748. The van der Waals surface area contributed by atoms with E-state index in [9.17, 15) is 4.79 Å². The van der Waals surface area contributed by atoms with Crippen molar-refractivity contribution in [2.24, 2.45) is 7.05 Å². The summed E-state index contributed by atoms with van der Waals surface area (Å²) in [5, 5.41) is 4.17. The molecule has 16 heavy (non-hydrogen) atoms. The molecule has 0 aliphatic carbocycles. The Kier molecular flexibility index (Phi) is 4.28. The third-order valence-electron chi connectivity index (χ3n) is 1.86. The van der Waals surface area contributed by atoms with Crippen LogP contribution >= 0.6 is 11.6 Å². The average molecular weight is 349 g/mol. The predicted octanol–water partition coefficient (Wildman–Crippen LogP) is 0.990. The molecule has 0 amide bonds. The van der Waals surface area contributed by atoms with Gasteiger partial charge in [0.15, 0.2) is 0 Å². The van der Waals surface area contributed by atoms with Gasteiger partial charge < -0.3 is 0 Å². The molecule has 0 saturated heterocycles. The van der Waals surface area contributed by atoms with Gasteiger partial charge in [0, 0.05) is 0 Å². The summed E-state index contributed by atoms with van der Waals surface area (Å²) in [5.41, 5.74) is -0.0808. The van der Waals surface area contributed by atoms with Crippen LogP contribution in [0.3, 0.4) is 0 Å². The molecule has 88 valence electrons. The number of aryl methyl sites for hydroxylation is 1. The first-order chi connectivity index (χ1) is 7.26. The number of ether oxygens (including phenoxy) is 1. The molecule has 0 aliphatic heterocycles. The van der Waals surface area contributed by atoms with Gasteiger partial charge in [-0.2, -0.15) is 0 Å². The molecule has 0 unspecified atom stereocenters. The Balaban J connectivity index is 3.40. The van der Waals surface area contributed by atoms with Crippen molar-refractivity contribution in [3.05, 3.63) is 15.5 Å². The zero-order valence-electron chi connectivity index (χ0n) is 10.1. The van der Waals surface area contributed by atoms with Gasteiger partial charge in [-0.25, -0.2) is 0 Å². The molecule has 0 bridgehead atoms. The molecule has 1 aromatic rings. The molecule has 1 heterocycles. The summed E-state index contributed by atoms with van der Waals surface area (Å²) in [6.45, 7) is 6.39. The normalized spacial score (nSPS) is 11.6. The van der Waals surface area contributed by atoms with E-state index in [-0.39, 0.29) is 14.1 Å². The summed E-state index contributed by atoms with van der Waals surface area (Å²) in [6, 6.07) is 0. The zero-order valence-corrected chi connectivity index (χ0v) is 13.7. The molecule has 0 N–H and O–H groups in total. The Labute approximate surface area is 110 Å².